The van der Waals surface area contributed by atoms with Crippen LogP contribution in [0.25, 0.3) is 60.5 Å². The maximum Gasteiger partial charge on any atom is 0.0541 e. The van der Waals surface area contributed by atoms with Crippen LogP contribution >= 0.6 is 0 Å². The molecule has 0 amide bonds. The summed E-state index contributed by atoms with van der Waals surface area (Å²) in [5.74, 6) is 0. The minimum absolute atomic E-state index is 0.0655. The number of hydrogen-bond donors (Lipinski definition) is 0. The highest BCUT2D eigenvalue weighted by molar-refractivity contribution is 6.09. The first-order valence-electron chi connectivity index (χ1n) is 20.8. The summed E-state index contributed by atoms with van der Waals surface area (Å²) in [7, 11) is 0. The van der Waals surface area contributed by atoms with Crippen LogP contribution in [0.5, 0.6) is 0 Å². The Balaban J connectivity index is 1.02. The summed E-state index contributed by atoms with van der Waals surface area (Å²) in [5, 5.41) is 4.99. The lowest BCUT2D eigenvalue weighted by Crippen LogP contribution is -2.18. The van der Waals surface area contributed by atoms with Crippen molar-refractivity contribution in [2.45, 2.75) is 64.2 Å². The molecule has 0 fully saturated rings. The average Bonchev–Trinajstić information content (AvgIpc) is 3.76. The summed E-state index contributed by atoms with van der Waals surface area (Å²) in [4.78, 5) is 2.38. The molecule has 0 radical (unpaired) electrons. The highest BCUT2D eigenvalue weighted by Crippen LogP contribution is 2.58. The number of aromatic nitrogens is 1. The van der Waals surface area contributed by atoms with Gasteiger partial charge in [-0.15, -0.1) is 0 Å². The second-order valence-electron chi connectivity index (χ2n) is 18.5. The van der Waals surface area contributed by atoms with Gasteiger partial charge in [0.1, 0.15) is 0 Å². The maximum atomic E-state index is 2.57. The Morgan fingerprint density at radius 1 is 0.431 bits per heavy atom. The van der Waals surface area contributed by atoms with Crippen LogP contribution in [0, 0.1) is 0 Å². The van der Waals surface area contributed by atoms with E-state index in [1.54, 1.807) is 0 Å². The molecular weight excluding hydrogens is 701 g/mol. The maximum absolute atomic E-state index is 2.57. The zero-order chi connectivity index (χ0) is 39.6. The third kappa shape index (κ3) is 5.10. The van der Waals surface area contributed by atoms with Crippen molar-refractivity contribution in [1.82, 2.24) is 4.57 Å². The molecule has 9 aromatic rings. The molecule has 0 aliphatic heterocycles. The number of rotatable bonds is 5. The van der Waals surface area contributed by atoms with Crippen LogP contribution in [-0.2, 0) is 16.2 Å². The van der Waals surface area contributed by atoms with Gasteiger partial charge in [-0.05, 0) is 139 Å². The van der Waals surface area contributed by atoms with Gasteiger partial charge in [0.15, 0.2) is 0 Å². The highest BCUT2D eigenvalue weighted by atomic mass is 15.1. The van der Waals surface area contributed by atoms with Gasteiger partial charge in [0.2, 0.25) is 0 Å². The minimum Gasteiger partial charge on any atom is -0.310 e. The quantitative estimate of drug-likeness (QED) is 0.170. The first-order valence-corrected chi connectivity index (χ1v) is 20.8. The van der Waals surface area contributed by atoms with Crippen molar-refractivity contribution < 1.29 is 0 Å². The fraction of sp³-hybridized carbons (Fsp3) is 0.179. The Morgan fingerprint density at radius 2 is 1.03 bits per heavy atom. The largest absolute Gasteiger partial charge is 0.310 e. The van der Waals surface area contributed by atoms with Gasteiger partial charge in [-0.3, -0.25) is 0 Å². The molecule has 58 heavy (non-hydrogen) atoms. The summed E-state index contributed by atoms with van der Waals surface area (Å²) < 4.78 is 2.40. The van der Waals surface area contributed by atoms with Crippen molar-refractivity contribution in [3.63, 3.8) is 0 Å². The summed E-state index contributed by atoms with van der Waals surface area (Å²) in [5.41, 5.74) is 18.5. The molecule has 0 saturated carbocycles. The first-order chi connectivity index (χ1) is 28.0. The molecule has 282 valence electrons. The van der Waals surface area contributed by atoms with Crippen LogP contribution in [0.1, 0.15) is 70.2 Å². The molecule has 1 aromatic heterocycles. The van der Waals surface area contributed by atoms with Crippen LogP contribution in [0.2, 0.25) is 0 Å². The van der Waals surface area contributed by atoms with E-state index in [2.05, 4.69) is 221 Å². The molecule has 0 bridgehead atoms. The van der Waals surface area contributed by atoms with Crippen molar-refractivity contribution in [3.8, 4) is 27.9 Å². The molecule has 0 unspecified atom stereocenters. The number of benzene rings is 8. The molecule has 11 rings (SSSR count). The van der Waals surface area contributed by atoms with Gasteiger partial charge in [0.05, 0.1) is 11.0 Å². The zero-order valence-electron chi connectivity index (χ0n) is 34.3. The summed E-state index contributed by atoms with van der Waals surface area (Å²) in [6.45, 7) is 14.5. The summed E-state index contributed by atoms with van der Waals surface area (Å²) in [6, 6.07) is 63.2. The Morgan fingerprint density at radius 3 is 1.78 bits per heavy atom. The zero-order valence-corrected chi connectivity index (χ0v) is 34.3. The summed E-state index contributed by atoms with van der Waals surface area (Å²) >= 11 is 0. The van der Waals surface area contributed by atoms with E-state index >= 15 is 0 Å². The van der Waals surface area contributed by atoms with E-state index < -0.39 is 0 Å². The molecule has 0 saturated heterocycles. The topological polar surface area (TPSA) is 8.17 Å². The van der Waals surface area contributed by atoms with Gasteiger partial charge in [-0.1, -0.05) is 145 Å². The number of anilines is 3. The van der Waals surface area contributed by atoms with E-state index in [0.717, 1.165) is 22.7 Å². The van der Waals surface area contributed by atoms with Gasteiger partial charge in [-0.2, -0.15) is 0 Å². The highest BCUT2D eigenvalue weighted by Gasteiger charge is 2.45. The minimum atomic E-state index is -0.0655. The molecule has 2 aliphatic carbocycles. The monoisotopic (exact) mass is 748 g/mol. The van der Waals surface area contributed by atoms with Crippen LogP contribution in [0.4, 0.5) is 17.1 Å². The van der Waals surface area contributed by atoms with Gasteiger partial charge in [0.25, 0.3) is 0 Å². The van der Waals surface area contributed by atoms with E-state index in [-0.39, 0.29) is 16.2 Å². The normalized spacial score (nSPS) is 15.8. The molecule has 2 nitrogen and oxygen atoms in total. The van der Waals surface area contributed by atoms with Gasteiger partial charge in [-0.25, -0.2) is 0 Å². The smallest absolute Gasteiger partial charge is 0.0541 e. The van der Waals surface area contributed by atoms with Crippen LogP contribution in [0.15, 0.2) is 170 Å². The Labute approximate surface area is 342 Å². The molecule has 2 aliphatic rings. The number of hydrogen-bond acceptors (Lipinski definition) is 1. The Kier molecular flexibility index (Phi) is 7.39. The molecule has 2 heteroatoms. The molecule has 1 heterocycles. The molecule has 0 atom stereocenters. The lowest BCUT2D eigenvalue weighted by atomic mass is 9.79. The lowest BCUT2D eigenvalue weighted by Gasteiger charge is -2.26. The predicted molar refractivity (Wildman–Crippen MR) is 247 cm³/mol. The first kappa shape index (κ1) is 34.8. The van der Waals surface area contributed by atoms with Crippen molar-refractivity contribution in [2.75, 3.05) is 4.90 Å². The van der Waals surface area contributed by atoms with Crippen molar-refractivity contribution in [1.29, 1.82) is 0 Å². The molecule has 0 N–H and O–H groups in total. The molecular formula is C56H48N2. The number of fused-ring (bicyclic) bond motifs is 8. The van der Waals surface area contributed by atoms with Gasteiger partial charge < -0.3 is 9.47 Å². The van der Waals surface area contributed by atoms with E-state index in [1.165, 1.54) is 83.5 Å². The number of nitrogens with zero attached hydrogens (tertiary/aromatic N) is 2. The fourth-order valence-electron chi connectivity index (χ4n) is 11.0. The predicted octanol–water partition coefficient (Wildman–Crippen LogP) is 15.3. The molecule has 8 aromatic carbocycles. The summed E-state index contributed by atoms with van der Waals surface area (Å²) in [6.07, 6.45) is 1.18. The third-order valence-electron chi connectivity index (χ3n) is 13.5. The van der Waals surface area contributed by atoms with Gasteiger partial charge >= 0.3 is 0 Å². The van der Waals surface area contributed by atoms with E-state index in [9.17, 15) is 0 Å². The van der Waals surface area contributed by atoms with Crippen LogP contribution in [0.3, 0.4) is 0 Å². The lowest BCUT2D eigenvalue weighted by molar-refractivity contribution is 0.403. The second kappa shape index (κ2) is 12.3. The van der Waals surface area contributed by atoms with E-state index in [1.807, 2.05) is 0 Å². The van der Waals surface area contributed by atoms with E-state index in [4.69, 9.17) is 0 Å². The SMILES string of the molecule is CC1(C)CC(C)(C)c2cc3c(cc21)-c1c(-c2ccc4cc(N(c5ccccc5)c5cccc(-n6c7ccccc7c7ccccc76)c5)ccc4c2)cccc1C3(C)C. The van der Waals surface area contributed by atoms with Crippen molar-refractivity contribution in [2.24, 2.45) is 0 Å². The molecule has 0 spiro atoms. The Bertz CT molecular complexity index is 3070. The van der Waals surface area contributed by atoms with E-state index in [0.29, 0.717) is 0 Å². The van der Waals surface area contributed by atoms with Crippen LogP contribution < -0.4 is 4.90 Å². The fourth-order valence-corrected chi connectivity index (χ4v) is 11.0. The van der Waals surface area contributed by atoms with Gasteiger partial charge in [0, 0.05) is 38.9 Å². The standard InChI is InChI=1S/C56H48N2/c1-54(2)35-55(3,4)50-34-48-46(33-49(50)54)53-43(22-15-23-47(53)56(48,5)6)38-27-26-37-31-42(29-28-36(37)30-38)57(39-16-8-7-9-17-39)40-18-14-19-41(32-40)58-51-24-12-10-20-44(51)45-21-11-13-25-52(45)58/h7-34H,35H2,1-6H3. The third-order valence-corrected chi connectivity index (χ3v) is 13.5. The Hall–Kier alpha value is -6.38. The number of para-hydroxylation sites is 3. The van der Waals surface area contributed by atoms with Crippen molar-refractivity contribution >= 4 is 49.6 Å². The van der Waals surface area contributed by atoms with Crippen molar-refractivity contribution in [3.05, 3.63) is 192 Å². The second-order valence-corrected chi connectivity index (χ2v) is 18.5. The average molecular weight is 749 g/mol. The van der Waals surface area contributed by atoms with Crippen LogP contribution in [-0.4, -0.2) is 4.57 Å².